The lowest BCUT2D eigenvalue weighted by atomic mass is 10.1. The molecule has 2 aromatic carbocycles. The molecule has 2 rings (SSSR count). The van der Waals surface area contributed by atoms with Crippen LogP contribution in [0.1, 0.15) is 12.0 Å². The van der Waals surface area contributed by atoms with Crippen LogP contribution >= 0.6 is 0 Å². The van der Waals surface area contributed by atoms with E-state index in [0.717, 1.165) is 18.2 Å². The van der Waals surface area contributed by atoms with Crippen LogP contribution in [0.2, 0.25) is 0 Å². The second-order valence-electron chi connectivity index (χ2n) is 5.38. The molecule has 0 saturated carbocycles. The largest absolute Gasteiger partial charge is 0.406 e. The number of nitro benzene ring substituents is 1. The average molecular weight is 385 g/mol. The fraction of sp³-hybridized carbons (Fsp3) is 0.176. The smallest absolute Gasteiger partial charge is 0.258 e. The summed E-state index contributed by atoms with van der Waals surface area (Å²) in [5.74, 6) is 0. The molecule has 0 amide bonds. The molecule has 0 aromatic heterocycles. The highest BCUT2D eigenvalue weighted by Gasteiger charge is 2.48. The molecule has 0 spiro atoms. The molecule has 138 valence electrons. The van der Waals surface area contributed by atoms with E-state index >= 15 is 0 Å². The van der Waals surface area contributed by atoms with Crippen LogP contribution in [-0.4, -0.2) is 24.8 Å². The van der Waals surface area contributed by atoms with Crippen LogP contribution in [0.15, 0.2) is 65.6 Å². The summed E-state index contributed by atoms with van der Waals surface area (Å²) in [7, 11) is -4.60. The zero-order valence-electron chi connectivity index (χ0n) is 13.3. The van der Waals surface area contributed by atoms with Gasteiger partial charge in [0.1, 0.15) is 0 Å². The first kappa shape index (κ1) is 19.6. The van der Waals surface area contributed by atoms with Gasteiger partial charge in [-0.15, -0.1) is 0 Å². The lowest BCUT2D eigenvalue weighted by Crippen LogP contribution is -2.36. The number of alkyl halides is 3. The summed E-state index contributed by atoms with van der Waals surface area (Å²) in [6, 6.07) is 11.6. The van der Waals surface area contributed by atoms with E-state index in [0.29, 0.717) is 5.56 Å². The number of rotatable bonds is 6. The molecule has 0 heterocycles. The molecule has 0 aliphatic heterocycles. The first-order chi connectivity index (χ1) is 12.1. The van der Waals surface area contributed by atoms with E-state index in [1.165, 1.54) is 48.5 Å². The Hall–Kier alpha value is -2.68. The second kappa shape index (κ2) is 7.69. The molecule has 26 heavy (non-hydrogen) atoms. The minimum atomic E-state index is -4.94. The summed E-state index contributed by atoms with van der Waals surface area (Å²) in [6.07, 6.45) is -3.31. The van der Waals surface area contributed by atoms with Gasteiger partial charge in [-0.25, -0.2) is 8.42 Å². The summed E-state index contributed by atoms with van der Waals surface area (Å²) in [5.41, 5.74) is 0.274. The van der Waals surface area contributed by atoms with Crippen LogP contribution in [-0.2, 0) is 9.84 Å². The molecule has 2 aromatic rings. The third-order valence-electron chi connectivity index (χ3n) is 3.58. The minimum absolute atomic E-state index is 0.151. The van der Waals surface area contributed by atoms with Gasteiger partial charge in [0.15, 0.2) is 15.1 Å². The number of nitro groups is 1. The summed E-state index contributed by atoms with van der Waals surface area (Å²) < 4.78 is 64.5. The maximum absolute atomic E-state index is 13.3. The molecule has 0 radical (unpaired) electrons. The molecular formula is C17H14F3NO4S. The Morgan fingerprint density at radius 2 is 1.62 bits per heavy atom. The number of benzene rings is 2. The molecular weight excluding hydrogens is 371 g/mol. The Morgan fingerprint density at radius 3 is 2.12 bits per heavy atom. The zero-order valence-corrected chi connectivity index (χ0v) is 14.1. The predicted molar refractivity (Wildman–Crippen MR) is 90.2 cm³/mol. The Bertz CT molecular complexity index is 892. The fourth-order valence-corrected chi connectivity index (χ4v) is 3.83. The van der Waals surface area contributed by atoms with Crippen LogP contribution in [0.4, 0.5) is 18.9 Å². The van der Waals surface area contributed by atoms with E-state index in [1.807, 2.05) is 0 Å². The predicted octanol–water partition coefficient (Wildman–Crippen LogP) is 4.40. The molecule has 5 nitrogen and oxygen atoms in total. The van der Waals surface area contributed by atoms with Crippen molar-refractivity contribution in [3.8, 4) is 0 Å². The summed E-state index contributed by atoms with van der Waals surface area (Å²) in [4.78, 5) is 9.57. The van der Waals surface area contributed by atoms with Crippen LogP contribution in [0, 0.1) is 10.1 Å². The van der Waals surface area contributed by atoms with Crippen molar-refractivity contribution in [3.05, 3.63) is 76.4 Å². The van der Waals surface area contributed by atoms with Gasteiger partial charge in [-0.05, 0) is 36.2 Å². The van der Waals surface area contributed by atoms with Gasteiger partial charge in [0, 0.05) is 12.1 Å². The highest BCUT2D eigenvalue weighted by atomic mass is 32.2. The standard InChI is InChI=1S/C17H14F3NO4S/c18-17(19,20)16(26(24,25)15-6-2-1-3-7-15)8-4-5-13-9-11-14(12-10-13)21(22)23/h1-7,9-12,16H,8H2/b5-4+. The molecule has 1 unspecified atom stereocenters. The van der Waals surface area contributed by atoms with Crippen molar-refractivity contribution in [2.75, 3.05) is 0 Å². The van der Waals surface area contributed by atoms with Gasteiger partial charge < -0.3 is 0 Å². The fourth-order valence-electron chi connectivity index (χ4n) is 2.25. The molecule has 1 atom stereocenters. The van der Waals surface area contributed by atoms with Gasteiger partial charge in [-0.1, -0.05) is 30.4 Å². The molecule has 9 heteroatoms. The van der Waals surface area contributed by atoms with E-state index in [9.17, 15) is 31.7 Å². The van der Waals surface area contributed by atoms with Gasteiger partial charge in [0.25, 0.3) is 5.69 Å². The number of hydrogen-bond donors (Lipinski definition) is 0. The number of allylic oxidation sites excluding steroid dienone is 1. The number of nitrogens with zero attached hydrogens (tertiary/aromatic N) is 1. The van der Waals surface area contributed by atoms with Crippen LogP contribution < -0.4 is 0 Å². The molecule has 0 aliphatic carbocycles. The van der Waals surface area contributed by atoms with Crippen LogP contribution in [0.5, 0.6) is 0 Å². The molecule has 0 saturated heterocycles. The number of halogens is 3. The Balaban J connectivity index is 2.23. The van der Waals surface area contributed by atoms with Gasteiger partial charge in [-0.2, -0.15) is 13.2 Å². The van der Waals surface area contributed by atoms with Crippen LogP contribution in [0.3, 0.4) is 0 Å². The monoisotopic (exact) mass is 385 g/mol. The number of hydrogen-bond acceptors (Lipinski definition) is 4. The van der Waals surface area contributed by atoms with Gasteiger partial charge in [0.05, 0.1) is 9.82 Å². The highest BCUT2D eigenvalue weighted by Crippen LogP contribution is 2.33. The van der Waals surface area contributed by atoms with E-state index in [4.69, 9.17) is 0 Å². The Morgan fingerprint density at radius 1 is 1.04 bits per heavy atom. The summed E-state index contributed by atoms with van der Waals surface area (Å²) >= 11 is 0. The van der Waals surface area contributed by atoms with E-state index < -0.39 is 37.5 Å². The van der Waals surface area contributed by atoms with Crippen molar-refractivity contribution in [2.24, 2.45) is 0 Å². The maximum Gasteiger partial charge on any atom is 0.406 e. The van der Waals surface area contributed by atoms with Crippen molar-refractivity contribution in [1.29, 1.82) is 0 Å². The minimum Gasteiger partial charge on any atom is -0.258 e. The average Bonchev–Trinajstić information content (AvgIpc) is 2.58. The van der Waals surface area contributed by atoms with Gasteiger partial charge >= 0.3 is 6.18 Å². The molecule has 0 N–H and O–H groups in total. The van der Waals surface area contributed by atoms with E-state index in [-0.39, 0.29) is 5.69 Å². The number of non-ortho nitro benzene ring substituents is 1. The molecule has 0 fully saturated rings. The van der Waals surface area contributed by atoms with E-state index in [2.05, 4.69) is 0 Å². The van der Waals surface area contributed by atoms with Gasteiger partial charge in [0.2, 0.25) is 0 Å². The third-order valence-corrected chi connectivity index (χ3v) is 5.71. The van der Waals surface area contributed by atoms with Crippen molar-refractivity contribution in [1.82, 2.24) is 0 Å². The van der Waals surface area contributed by atoms with Crippen LogP contribution in [0.25, 0.3) is 6.08 Å². The summed E-state index contributed by atoms with van der Waals surface area (Å²) in [6.45, 7) is 0. The Kier molecular flexibility index (Phi) is 5.81. The Labute approximate surface area is 147 Å². The van der Waals surface area contributed by atoms with Crippen molar-refractivity contribution in [3.63, 3.8) is 0 Å². The van der Waals surface area contributed by atoms with Gasteiger partial charge in [-0.3, -0.25) is 10.1 Å². The summed E-state index contributed by atoms with van der Waals surface area (Å²) in [5, 5.41) is 7.99. The second-order valence-corrected chi connectivity index (χ2v) is 7.51. The quantitative estimate of drug-likeness (QED) is 0.545. The first-order valence-corrected chi connectivity index (χ1v) is 8.93. The topological polar surface area (TPSA) is 77.3 Å². The van der Waals surface area contributed by atoms with E-state index in [1.54, 1.807) is 0 Å². The van der Waals surface area contributed by atoms with Crippen molar-refractivity contribution in [2.45, 2.75) is 22.7 Å². The molecule has 0 bridgehead atoms. The first-order valence-electron chi connectivity index (χ1n) is 7.39. The van der Waals surface area contributed by atoms with Crippen molar-refractivity contribution >= 4 is 21.6 Å². The highest BCUT2D eigenvalue weighted by molar-refractivity contribution is 7.92. The maximum atomic E-state index is 13.3. The van der Waals surface area contributed by atoms with Crippen molar-refractivity contribution < 1.29 is 26.5 Å². The normalized spacial score (nSPS) is 13.7. The molecule has 0 aliphatic rings. The lowest BCUT2D eigenvalue weighted by molar-refractivity contribution is -0.384. The lowest BCUT2D eigenvalue weighted by Gasteiger charge is -2.19. The number of sulfone groups is 1. The zero-order chi connectivity index (χ0) is 19.4. The third kappa shape index (κ3) is 4.69. The SMILES string of the molecule is O=[N+]([O-])c1ccc(/C=C/CC(C(F)(F)F)S(=O)(=O)c2ccccc2)cc1.